The van der Waals surface area contributed by atoms with Crippen molar-refractivity contribution in [3.8, 4) is 11.1 Å². The van der Waals surface area contributed by atoms with E-state index in [2.05, 4.69) is 10.1 Å². The van der Waals surface area contributed by atoms with Crippen LogP contribution in [0.5, 0.6) is 0 Å². The standard InChI is InChI=1S/C28H26F2N2O2/c1-17-4-6-19(7-5-17)20-11-21(25-15-28(34-32-25)8-3-9-28)13-22(12-20)26(33)10-18(2)27-24(30)14-23(29)16-31-27/h4-7,11-14,16,18H,3,8-10,15H2,1-2H3/t18-/m0/s1. The first kappa shape index (κ1) is 22.4. The molecule has 2 heterocycles. The fourth-order valence-corrected chi connectivity index (χ4v) is 4.66. The number of rotatable bonds is 6. The lowest BCUT2D eigenvalue weighted by Crippen LogP contribution is -2.36. The minimum absolute atomic E-state index is 0.0548. The van der Waals surface area contributed by atoms with Crippen LogP contribution in [0.15, 0.2) is 59.9 Å². The Morgan fingerprint density at radius 2 is 1.79 bits per heavy atom. The lowest BCUT2D eigenvalue weighted by Gasteiger charge is -2.34. The van der Waals surface area contributed by atoms with E-state index in [1.165, 1.54) is 0 Å². The summed E-state index contributed by atoms with van der Waals surface area (Å²) in [5, 5.41) is 4.37. The summed E-state index contributed by atoms with van der Waals surface area (Å²) in [6, 6.07) is 14.7. The van der Waals surface area contributed by atoms with E-state index < -0.39 is 17.6 Å². The van der Waals surface area contributed by atoms with Gasteiger partial charge >= 0.3 is 0 Å². The van der Waals surface area contributed by atoms with Crippen LogP contribution >= 0.6 is 0 Å². The highest BCUT2D eigenvalue weighted by Crippen LogP contribution is 2.43. The number of oxime groups is 1. The predicted molar refractivity (Wildman–Crippen MR) is 127 cm³/mol. The van der Waals surface area contributed by atoms with Crippen LogP contribution in [0, 0.1) is 18.6 Å². The van der Waals surface area contributed by atoms with Gasteiger partial charge in [0.25, 0.3) is 0 Å². The van der Waals surface area contributed by atoms with Crippen molar-refractivity contribution in [2.45, 2.75) is 57.5 Å². The maximum absolute atomic E-state index is 14.2. The van der Waals surface area contributed by atoms with Gasteiger partial charge in [-0.05, 0) is 55.5 Å². The Bertz CT molecular complexity index is 1280. The molecule has 4 nitrogen and oxygen atoms in total. The second kappa shape index (κ2) is 8.75. The van der Waals surface area contributed by atoms with Gasteiger partial charge in [-0.25, -0.2) is 8.78 Å². The second-order valence-corrected chi connectivity index (χ2v) is 9.56. The summed E-state index contributed by atoms with van der Waals surface area (Å²) in [5.74, 6) is -2.10. The van der Waals surface area contributed by atoms with E-state index >= 15 is 0 Å². The van der Waals surface area contributed by atoms with E-state index in [4.69, 9.17) is 4.84 Å². The van der Waals surface area contributed by atoms with E-state index in [9.17, 15) is 13.6 Å². The molecule has 0 N–H and O–H groups in total. The number of hydrogen-bond donors (Lipinski definition) is 0. The summed E-state index contributed by atoms with van der Waals surface area (Å²) in [7, 11) is 0. The number of benzene rings is 2. The highest BCUT2D eigenvalue weighted by atomic mass is 19.1. The van der Waals surface area contributed by atoms with E-state index in [0.29, 0.717) is 5.56 Å². The lowest BCUT2D eigenvalue weighted by atomic mass is 9.76. The molecule has 0 amide bonds. The zero-order valence-corrected chi connectivity index (χ0v) is 19.3. The first-order valence-corrected chi connectivity index (χ1v) is 11.6. The smallest absolute Gasteiger partial charge is 0.163 e. The number of aromatic nitrogens is 1. The minimum Gasteiger partial charge on any atom is -0.389 e. The van der Waals surface area contributed by atoms with Crippen LogP contribution in [0.4, 0.5) is 8.78 Å². The monoisotopic (exact) mass is 460 g/mol. The molecule has 5 rings (SSSR count). The molecule has 0 unspecified atom stereocenters. The zero-order valence-electron chi connectivity index (χ0n) is 19.3. The van der Waals surface area contributed by atoms with Gasteiger partial charge < -0.3 is 4.84 Å². The van der Waals surface area contributed by atoms with Gasteiger partial charge in [0.05, 0.1) is 17.6 Å². The van der Waals surface area contributed by atoms with Crippen molar-refractivity contribution >= 4 is 11.5 Å². The largest absolute Gasteiger partial charge is 0.389 e. The van der Waals surface area contributed by atoms with Gasteiger partial charge in [0, 0.05) is 36.0 Å². The quantitative estimate of drug-likeness (QED) is 0.382. The topological polar surface area (TPSA) is 51.5 Å². The molecule has 0 bridgehead atoms. The van der Waals surface area contributed by atoms with Gasteiger partial charge in [-0.3, -0.25) is 9.78 Å². The summed E-state index contributed by atoms with van der Waals surface area (Å²) < 4.78 is 27.5. The molecule has 2 aliphatic rings. The first-order chi connectivity index (χ1) is 16.3. The summed E-state index contributed by atoms with van der Waals surface area (Å²) >= 11 is 0. The number of pyridine rings is 1. The van der Waals surface area contributed by atoms with Gasteiger partial charge in [-0.1, -0.05) is 41.9 Å². The Hall–Kier alpha value is -3.41. The first-order valence-electron chi connectivity index (χ1n) is 11.6. The predicted octanol–water partition coefficient (Wildman–Crippen LogP) is 6.76. The van der Waals surface area contributed by atoms with Gasteiger partial charge in [-0.15, -0.1) is 0 Å². The SMILES string of the molecule is Cc1ccc(-c2cc(C(=O)C[C@H](C)c3ncc(F)cc3F)cc(C3=NOC4(CCC4)C3)c2)cc1. The van der Waals surface area contributed by atoms with Crippen molar-refractivity contribution in [2.75, 3.05) is 0 Å². The maximum Gasteiger partial charge on any atom is 0.163 e. The highest BCUT2D eigenvalue weighted by molar-refractivity contribution is 6.06. The van der Waals surface area contributed by atoms with Crippen LogP contribution in [0.2, 0.25) is 0 Å². The number of ketones is 1. The van der Waals surface area contributed by atoms with Gasteiger partial charge in [0.2, 0.25) is 0 Å². The van der Waals surface area contributed by atoms with E-state index in [-0.39, 0.29) is 23.5 Å². The number of hydrogen-bond acceptors (Lipinski definition) is 4. The van der Waals surface area contributed by atoms with Crippen LogP contribution in [-0.2, 0) is 4.84 Å². The fraction of sp³-hybridized carbons (Fsp3) is 0.321. The van der Waals surface area contributed by atoms with E-state index in [1.807, 2.05) is 49.4 Å². The van der Waals surface area contributed by atoms with Crippen molar-refractivity contribution < 1.29 is 18.4 Å². The third-order valence-electron chi connectivity index (χ3n) is 6.87. The van der Waals surface area contributed by atoms with Crippen molar-refractivity contribution in [1.29, 1.82) is 0 Å². The maximum atomic E-state index is 14.2. The van der Waals surface area contributed by atoms with Gasteiger partial charge in [0.15, 0.2) is 5.78 Å². The summed E-state index contributed by atoms with van der Waals surface area (Å²) in [6.45, 7) is 3.75. The Balaban J connectivity index is 1.47. The Morgan fingerprint density at radius 3 is 2.44 bits per heavy atom. The van der Waals surface area contributed by atoms with Gasteiger partial charge in [-0.2, -0.15) is 0 Å². The van der Waals surface area contributed by atoms with Crippen LogP contribution in [-0.4, -0.2) is 22.1 Å². The highest BCUT2D eigenvalue weighted by Gasteiger charge is 2.45. The third-order valence-corrected chi connectivity index (χ3v) is 6.87. The van der Waals surface area contributed by atoms with E-state index in [0.717, 1.165) is 65.9 Å². The van der Waals surface area contributed by atoms with Crippen molar-refractivity contribution in [3.05, 3.63) is 88.7 Å². The molecule has 1 fully saturated rings. The summed E-state index contributed by atoms with van der Waals surface area (Å²) in [4.78, 5) is 23.0. The molecule has 0 saturated heterocycles. The van der Waals surface area contributed by atoms with Crippen LogP contribution in [0.25, 0.3) is 11.1 Å². The number of Topliss-reactive ketones (excluding diaryl/α,β-unsaturated/α-hetero) is 1. The van der Waals surface area contributed by atoms with Gasteiger partial charge in [0.1, 0.15) is 17.2 Å². The number of halogens is 2. The third kappa shape index (κ3) is 4.37. The van der Waals surface area contributed by atoms with Crippen LogP contribution < -0.4 is 0 Å². The molecule has 3 aromatic rings. The normalized spacial score (nSPS) is 17.1. The summed E-state index contributed by atoms with van der Waals surface area (Å²) in [6.07, 6.45) is 4.90. The molecular formula is C28H26F2N2O2. The van der Waals surface area contributed by atoms with Crippen LogP contribution in [0.3, 0.4) is 0 Å². The molecule has 34 heavy (non-hydrogen) atoms. The zero-order chi connectivity index (χ0) is 23.9. The van der Waals surface area contributed by atoms with Crippen molar-refractivity contribution in [1.82, 2.24) is 4.98 Å². The van der Waals surface area contributed by atoms with Crippen LogP contribution in [0.1, 0.15) is 72.1 Å². The number of carbonyl (C=O) groups excluding carboxylic acids is 1. The Kier molecular flexibility index (Phi) is 5.76. The molecule has 6 heteroatoms. The molecule has 0 radical (unpaired) electrons. The van der Waals surface area contributed by atoms with Crippen molar-refractivity contribution in [2.24, 2.45) is 5.16 Å². The molecule has 1 saturated carbocycles. The molecule has 1 spiro atoms. The average molecular weight is 461 g/mol. The molecule has 174 valence electrons. The lowest BCUT2D eigenvalue weighted by molar-refractivity contribution is -0.0755. The number of aryl methyl sites for hydroxylation is 1. The molecular weight excluding hydrogens is 434 g/mol. The molecule has 1 aliphatic carbocycles. The molecule has 1 aliphatic heterocycles. The second-order valence-electron chi connectivity index (χ2n) is 9.56. The number of carbonyl (C=O) groups is 1. The fourth-order valence-electron chi connectivity index (χ4n) is 4.66. The Morgan fingerprint density at radius 1 is 1.06 bits per heavy atom. The van der Waals surface area contributed by atoms with E-state index in [1.54, 1.807) is 6.92 Å². The summed E-state index contributed by atoms with van der Waals surface area (Å²) in [5.41, 5.74) is 5.21. The Labute approximate surface area is 197 Å². The molecule has 2 aromatic carbocycles. The minimum atomic E-state index is -0.738. The average Bonchev–Trinajstić information content (AvgIpc) is 3.26. The molecule has 1 atom stereocenters. The van der Waals surface area contributed by atoms with Crippen molar-refractivity contribution in [3.63, 3.8) is 0 Å². The number of nitrogens with zero attached hydrogens (tertiary/aromatic N) is 2. The molecule has 1 aromatic heterocycles.